The third-order valence-corrected chi connectivity index (χ3v) is 7.89. The number of alkyl halides is 3. The van der Waals surface area contributed by atoms with Crippen LogP contribution in [0.4, 0.5) is 13.2 Å². The molecule has 3 aromatic rings. The quantitative estimate of drug-likeness (QED) is 0.0657. The van der Waals surface area contributed by atoms with Crippen molar-refractivity contribution in [2.24, 2.45) is 21.9 Å². The number of Topliss-reactive ketones (excluding diaryl/α,β-unsaturated/α-hetero) is 1. The van der Waals surface area contributed by atoms with Crippen molar-refractivity contribution in [1.82, 2.24) is 25.5 Å². The maximum absolute atomic E-state index is 14.0. The Hall–Kier alpha value is -5.48. The van der Waals surface area contributed by atoms with Gasteiger partial charge in [0.2, 0.25) is 23.5 Å². The number of carbonyl (C=O) groups is 5. The molecular weight excluding hydrogens is 685 g/mol. The first-order valence-electron chi connectivity index (χ1n) is 16.6. The van der Waals surface area contributed by atoms with E-state index in [4.69, 9.17) is 21.4 Å². The number of nitrogens with zero attached hydrogens (tertiary/aromatic N) is 3. The van der Waals surface area contributed by atoms with Gasteiger partial charge in [0.05, 0.1) is 17.1 Å². The van der Waals surface area contributed by atoms with Gasteiger partial charge in [-0.15, -0.1) is 0 Å². The SMILES string of the molecule is CC(C)(C)CC(=O)N[C@H](Cc1ccccc1)C(=O)N1CCC[C@H]1C(=O)N[C@@H](CCCN=C(N)N)C(=O)c1nc2ccccc2[nH]1.O=C(O)C(F)(F)F. The number of benzene rings is 2. The number of carbonyl (C=O) groups excluding carboxylic acids is 4. The molecule has 0 bridgehead atoms. The number of H-pyrrole nitrogens is 1. The number of aromatic amines is 1. The Morgan fingerprint density at radius 3 is 2.23 bits per heavy atom. The van der Waals surface area contributed by atoms with Crippen LogP contribution in [-0.4, -0.2) is 92.8 Å². The van der Waals surface area contributed by atoms with Crippen molar-refractivity contribution in [1.29, 1.82) is 0 Å². The summed E-state index contributed by atoms with van der Waals surface area (Å²) in [6.45, 7) is 6.53. The fourth-order valence-electron chi connectivity index (χ4n) is 5.55. The van der Waals surface area contributed by atoms with Crippen molar-refractivity contribution in [3.8, 4) is 0 Å². The maximum Gasteiger partial charge on any atom is 0.490 e. The van der Waals surface area contributed by atoms with Gasteiger partial charge in [-0.3, -0.25) is 24.2 Å². The summed E-state index contributed by atoms with van der Waals surface area (Å²) in [5, 5.41) is 13.0. The molecule has 1 fully saturated rings. The molecule has 0 radical (unpaired) electrons. The molecule has 17 heteroatoms. The number of amides is 3. The van der Waals surface area contributed by atoms with Gasteiger partial charge in [-0.1, -0.05) is 63.2 Å². The predicted octanol–water partition coefficient (Wildman–Crippen LogP) is 3.07. The lowest BCUT2D eigenvalue weighted by Gasteiger charge is -2.30. The second-order valence-corrected chi connectivity index (χ2v) is 13.5. The number of likely N-dealkylation sites (tertiary alicyclic amines) is 1. The molecule has 3 amide bonds. The molecule has 1 aliphatic heterocycles. The van der Waals surface area contributed by atoms with Gasteiger partial charge in [-0.2, -0.15) is 13.2 Å². The number of imidazole rings is 1. The number of carboxylic acid groups (broad SMARTS) is 1. The van der Waals surface area contributed by atoms with Gasteiger partial charge >= 0.3 is 12.1 Å². The third kappa shape index (κ3) is 12.7. The molecule has 2 aromatic carbocycles. The van der Waals surface area contributed by atoms with Gasteiger partial charge in [0.1, 0.15) is 12.1 Å². The number of nitrogens with two attached hydrogens (primary N) is 2. The Balaban J connectivity index is 0.000000944. The van der Waals surface area contributed by atoms with E-state index in [0.717, 1.165) is 5.56 Å². The first kappa shape index (κ1) is 40.9. The average Bonchev–Trinajstić information content (AvgIpc) is 3.73. The lowest BCUT2D eigenvalue weighted by molar-refractivity contribution is -0.192. The molecule has 14 nitrogen and oxygen atoms in total. The smallest absolute Gasteiger partial charge is 0.475 e. The number of fused-ring (bicyclic) bond motifs is 1. The standard InChI is InChI=1S/C33H44N8O4.C2HF3O2/c1-33(2,3)20-27(42)37-25(19-21-11-5-4-6-12-21)31(45)41-18-10-16-26(41)30(44)40-24(15-9-17-36-32(34)35)28(43)29-38-22-13-7-8-14-23(22)39-29;3-2(4,5)1(6)7/h4-8,11-14,24-26H,9-10,15-20H2,1-3H3,(H,37,42)(H,38,39)(H,40,44)(H4,34,35,36);(H,6,7)/t24-,25+,26-;/m0./s1. The van der Waals surface area contributed by atoms with Crippen LogP contribution >= 0.6 is 0 Å². The highest BCUT2D eigenvalue weighted by Gasteiger charge is 2.40. The number of aromatic nitrogens is 2. The highest BCUT2D eigenvalue weighted by molar-refractivity contribution is 6.02. The van der Waals surface area contributed by atoms with Gasteiger partial charge in [0.15, 0.2) is 11.8 Å². The molecule has 282 valence electrons. The Bertz CT molecular complexity index is 1700. The van der Waals surface area contributed by atoms with E-state index < -0.39 is 36.2 Å². The summed E-state index contributed by atoms with van der Waals surface area (Å²) in [5.74, 6) is -4.05. The molecule has 0 saturated carbocycles. The maximum atomic E-state index is 14.0. The summed E-state index contributed by atoms with van der Waals surface area (Å²) in [6.07, 6.45) is -2.80. The summed E-state index contributed by atoms with van der Waals surface area (Å²) in [4.78, 5) is 76.2. The number of para-hydroxylation sites is 2. The van der Waals surface area contributed by atoms with E-state index in [-0.39, 0.29) is 54.2 Å². The van der Waals surface area contributed by atoms with E-state index in [0.29, 0.717) is 43.3 Å². The van der Waals surface area contributed by atoms with Crippen molar-refractivity contribution >= 4 is 46.5 Å². The van der Waals surface area contributed by atoms with Crippen LogP contribution in [0, 0.1) is 5.41 Å². The Morgan fingerprint density at radius 1 is 1.00 bits per heavy atom. The largest absolute Gasteiger partial charge is 0.490 e. The van der Waals surface area contributed by atoms with Gasteiger partial charge in [-0.05, 0) is 48.8 Å². The molecule has 2 heterocycles. The van der Waals surface area contributed by atoms with Crippen LogP contribution in [0.5, 0.6) is 0 Å². The van der Waals surface area contributed by atoms with Crippen LogP contribution < -0.4 is 22.1 Å². The van der Waals surface area contributed by atoms with Crippen molar-refractivity contribution in [3.05, 3.63) is 66.0 Å². The van der Waals surface area contributed by atoms with Crippen molar-refractivity contribution in [3.63, 3.8) is 0 Å². The van der Waals surface area contributed by atoms with E-state index in [9.17, 15) is 32.3 Å². The summed E-state index contributed by atoms with van der Waals surface area (Å²) in [6, 6.07) is 14.2. The van der Waals surface area contributed by atoms with Gasteiger partial charge in [0.25, 0.3) is 0 Å². The number of carboxylic acids is 1. The number of halogens is 3. The zero-order valence-electron chi connectivity index (χ0n) is 29.2. The molecule has 4 rings (SSSR count). The highest BCUT2D eigenvalue weighted by atomic mass is 19.4. The summed E-state index contributed by atoms with van der Waals surface area (Å²) >= 11 is 0. The molecule has 0 unspecified atom stereocenters. The number of hydrogen-bond donors (Lipinski definition) is 6. The normalized spacial score (nSPS) is 15.5. The van der Waals surface area contributed by atoms with Gasteiger partial charge in [0, 0.05) is 25.9 Å². The van der Waals surface area contributed by atoms with Crippen LogP contribution in [0.2, 0.25) is 0 Å². The third-order valence-electron chi connectivity index (χ3n) is 7.89. The predicted molar refractivity (Wildman–Crippen MR) is 187 cm³/mol. The summed E-state index contributed by atoms with van der Waals surface area (Å²) in [7, 11) is 0. The lowest BCUT2D eigenvalue weighted by atomic mass is 9.91. The fraction of sp³-hybridized carbons (Fsp3) is 0.457. The molecule has 8 N–H and O–H groups in total. The molecule has 0 aliphatic carbocycles. The van der Waals surface area contributed by atoms with Crippen LogP contribution in [-0.2, 0) is 25.6 Å². The van der Waals surface area contributed by atoms with E-state index in [2.05, 4.69) is 25.6 Å². The summed E-state index contributed by atoms with van der Waals surface area (Å²) in [5.41, 5.74) is 12.9. The molecular formula is C35H45F3N8O6. The van der Waals surface area contributed by atoms with Crippen LogP contribution in [0.25, 0.3) is 11.0 Å². The number of rotatable bonds is 13. The first-order chi connectivity index (χ1) is 24.4. The van der Waals surface area contributed by atoms with Crippen LogP contribution in [0.1, 0.15) is 69.1 Å². The van der Waals surface area contributed by atoms with Crippen molar-refractivity contribution < 1.29 is 42.3 Å². The monoisotopic (exact) mass is 730 g/mol. The molecule has 1 aromatic heterocycles. The number of guanidine groups is 1. The van der Waals surface area contributed by atoms with Crippen molar-refractivity contribution in [2.45, 2.75) is 83.6 Å². The second-order valence-electron chi connectivity index (χ2n) is 13.5. The molecule has 0 spiro atoms. The second kappa shape index (κ2) is 18.1. The molecule has 52 heavy (non-hydrogen) atoms. The first-order valence-corrected chi connectivity index (χ1v) is 16.6. The van der Waals surface area contributed by atoms with Crippen LogP contribution in [0.15, 0.2) is 59.6 Å². The average molecular weight is 731 g/mol. The molecule has 1 aliphatic rings. The number of hydrogen-bond acceptors (Lipinski definition) is 7. The minimum atomic E-state index is -5.08. The van der Waals surface area contributed by atoms with E-state index in [1.807, 2.05) is 69.3 Å². The zero-order valence-corrected chi connectivity index (χ0v) is 29.2. The Morgan fingerprint density at radius 2 is 1.63 bits per heavy atom. The van der Waals surface area contributed by atoms with E-state index in [1.54, 1.807) is 6.07 Å². The van der Waals surface area contributed by atoms with Gasteiger partial charge in [-0.25, -0.2) is 9.78 Å². The minimum absolute atomic E-state index is 0.0565. The van der Waals surface area contributed by atoms with Crippen molar-refractivity contribution in [2.75, 3.05) is 13.1 Å². The highest BCUT2D eigenvalue weighted by Crippen LogP contribution is 2.22. The van der Waals surface area contributed by atoms with Crippen LogP contribution in [0.3, 0.4) is 0 Å². The number of aliphatic imine (C=N–C) groups is 1. The number of ketones is 1. The number of nitrogens with one attached hydrogen (secondary N) is 3. The zero-order chi connectivity index (χ0) is 38.6. The number of aliphatic carboxylic acids is 1. The molecule has 3 atom stereocenters. The Kier molecular flexibility index (Phi) is 14.3. The Labute approximate surface area is 298 Å². The fourth-order valence-corrected chi connectivity index (χ4v) is 5.55. The van der Waals surface area contributed by atoms with E-state index in [1.165, 1.54) is 4.90 Å². The minimum Gasteiger partial charge on any atom is -0.475 e. The topological polar surface area (TPSA) is 226 Å². The van der Waals surface area contributed by atoms with Gasteiger partial charge < -0.3 is 37.1 Å². The summed E-state index contributed by atoms with van der Waals surface area (Å²) < 4.78 is 31.7. The molecule has 1 saturated heterocycles. The van der Waals surface area contributed by atoms with E-state index >= 15 is 0 Å². The lowest BCUT2D eigenvalue weighted by Crippen LogP contribution is -2.56.